The van der Waals surface area contributed by atoms with Gasteiger partial charge < -0.3 is 5.32 Å². The molecule has 1 atom stereocenters. The van der Waals surface area contributed by atoms with E-state index in [9.17, 15) is 4.39 Å². The molecular weight excluding hydrogens is 153 g/mol. The Labute approximate surface area is 72.6 Å². The number of hydrogen-bond donors (Lipinski definition) is 1. The lowest BCUT2D eigenvalue weighted by Crippen LogP contribution is -2.29. The number of likely N-dealkylation sites (N-methyl/N-ethyl adjacent to an activating group) is 1. The zero-order valence-corrected chi connectivity index (χ0v) is 7.26. The van der Waals surface area contributed by atoms with Crippen LogP contribution in [0, 0.1) is 0 Å². The van der Waals surface area contributed by atoms with Crippen LogP contribution < -0.4 is 5.32 Å². The first-order chi connectivity index (χ1) is 5.86. The van der Waals surface area contributed by atoms with Crippen LogP contribution in [-0.2, 0) is 6.42 Å². The second kappa shape index (κ2) is 4.88. The second-order valence-electron chi connectivity index (χ2n) is 2.83. The summed E-state index contributed by atoms with van der Waals surface area (Å²) in [7, 11) is 1.78. The van der Waals surface area contributed by atoms with Gasteiger partial charge >= 0.3 is 0 Å². The van der Waals surface area contributed by atoms with Crippen molar-refractivity contribution in [3.05, 3.63) is 35.9 Å². The van der Waals surface area contributed by atoms with E-state index in [0.29, 0.717) is 0 Å². The molecule has 2 heteroatoms. The highest BCUT2D eigenvalue weighted by Gasteiger charge is 2.04. The minimum Gasteiger partial charge on any atom is -0.314 e. The molecule has 0 aliphatic rings. The van der Waals surface area contributed by atoms with Crippen LogP contribution in [0.2, 0.25) is 0 Å². The Morgan fingerprint density at radius 1 is 1.33 bits per heavy atom. The highest BCUT2D eigenvalue weighted by atomic mass is 19.1. The Morgan fingerprint density at radius 3 is 2.50 bits per heavy atom. The predicted octanol–water partition coefficient (Wildman–Crippen LogP) is 1.79. The number of alkyl halides is 1. The van der Waals surface area contributed by atoms with E-state index in [2.05, 4.69) is 5.32 Å². The van der Waals surface area contributed by atoms with Gasteiger partial charge in [-0.05, 0) is 19.0 Å². The second-order valence-corrected chi connectivity index (χ2v) is 2.83. The zero-order chi connectivity index (χ0) is 8.81. The largest absolute Gasteiger partial charge is 0.314 e. The van der Waals surface area contributed by atoms with Gasteiger partial charge in [0.15, 0.2) is 0 Å². The summed E-state index contributed by atoms with van der Waals surface area (Å²) in [6.07, 6.45) is 0.758. The van der Waals surface area contributed by atoms with Crippen molar-refractivity contribution in [1.82, 2.24) is 5.32 Å². The van der Waals surface area contributed by atoms with E-state index in [0.717, 1.165) is 6.42 Å². The summed E-state index contributed by atoms with van der Waals surface area (Å²) in [5.41, 5.74) is 1.18. The molecule has 0 saturated carbocycles. The quantitative estimate of drug-likeness (QED) is 0.720. The summed E-state index contributed by atoms with van der Waals surface area (Å²) in [5, 5.41) is 2.93. The van der Waals surface area contributed by atoms with E-state index in [4.69, 9.17) is 0 Å². The number of halogens is 1. The third kappa shape index (κ3) is 2.62. The van der Waals surface area contributed by atoms with Gasteiger partial charge in [0.1, 0.15) is 6.67 Å². The molecule has 0 fully saturated rings. The van der Waals surface area contributed by atoms with Gasteiger partial charge in [0.25, 0.3) is 0 Å². The third-order valence-corrected chi connectivity index (χ3v) is 1.92. The average molecular weight is 167 g/mol. The van der Waals surface area contributed by atoms with Crippen molar-refractivity contribution in [2.45, 2.75) is 12.5 Å². The van der Waals surface area contributed by atoms with Gasteiger partial charge in [-0.1, -0.05) is 30.3 Å². The van der Waals surface area contributed by atoms with Gasteiger partial charge in [-0.3, -0.25) is 0 Å². The number of nitrogens with one attached hydrogen (secondary N) is 1. The summed E-state index contributed by atoms with van der Waals surface area (Å²) < 4.78 is 12.3. The van der Waals surface area contributed by atoms with Crippen LogP contribution in [0.15, 0.2) is 30.3 Å². The molecule has 12 heavy (non-hydrogen) atoms. The van der Waals surface area contributed by atoms with E-state index >= 15 is 0 Å². The fourth-order valence-electron chi connectivity index (χ4n) is 1.13. The smallest absolute Gasteiger partial charge is 0.105 e. The first kappa shape index (κ1) is 9.20. The third-order valence-electron chi connectivity index (χ3n) is 1.92. The molecule has 0 aromatic heterocycles. The summed E-state index contributed by atoms with van der Waals surface area (Å²) in [6.45, 7) is -0.314. The monoisotopic (exact) mass is 167 g/mol. The molecular formula is C10H14FN. The van der Waals surface area contributed by atoms with E-state index in [1.54, 1.807) is 7.05 Å². The summed E-state index contributed by atoms with van der Waals surface area (Å²) in [5.74, 6) is 0. The molecule has 0 unspecified atom stereocenters. The molecule has 1 N–H and O–H groups in total. The number of hydrogen-bond acceptors (Lipinski definition) is 1. The minimum atomic E-state index is -0.314. The summed E-state index contributed by atoms with van der Waals surface area (Å²) in [4.78, 5) is 0. The number of benzene rings is 1. The van der Waals surface area contributed by atoms with Crippen molar-refractivity contribution >= 4 is 0 Å². The molecule has 0 spiro atoms. The molecule has 1 rings (SSSR count). The van der Waals surface area contributed by atoms with Gasteiger partial charge in [-0.25, -0.2) is 4.39 Å². The lowest BCUT2D eigenvalue weighted by atomic mass is 10.1. The van der Waals surface area contributed by atoms with Crippen LogP contribution in [0.4, 0.5) is 4.39 Å². The normalized spacial score (nSPS) is 12.8. The zero-order valence-electron chi connectivity index (χ0n) is 7.26. The molecule has 0 aliphatic heterocycles. The fraction of sp³-hybridized carbons (Fsp3) is 0.400. The lowest BCUT2D eigenvalue weighted by molar-refractivity contribution is 0.389. The van der Waals surface area contributed by atoms with Gasteiger partial charge in [0.2, 0.25) is 0 Å². The fourth-order valence-corrected chi connectivity index (χ4v) is 1.13. The van der Waals surface area contributed by atoms with Crippen LogP contribution >= 0.6 is 0 Å². The van der Waals surface area contributed by atoms with Gasteiger partial charge in [0.05, 0.1) is 0 Å². The first-order valence-electron chi connectivity index (χ1n) is 4.14. The maximum atomic E-state index is 12.3. The Morgan fingerprint density at radius 2 is 2.00 bits per heavy atom. The topological polar surface area (TPSA) is 12.0 Å². The molecule has 0 saturated heterocycles. The average Bonchev–Trinajstić information content (AvgIpc) is 2.16. The summed E-state index contributed by atoms with van der Waals surface area (Å²) in [6, 6.07) is 9.89. The van der Waals surface area contributed by atoms with Crippen LogP contribution in [0.3, 0.4) is 0 Å². The molecule has 0 heterocycles. The number of rotatable bonds is 4. The highest BCUT2D eigenvalue weighted by molar-refractivity contribution is 5.15. The minimum absolute atomic E-state index is 0.0487. The van der Waals surface area contributed by atoms with Crippen molar-refractivity contribution in [2.24, 2.45) is 0 Å². The SMILES string of the molecule is CN[C@@H](CF)Cc1ccccc1. The van der Waals surface area contributed by atoms with Gasteiger partial charge in [-0.15, -0.1) is 0 Å². The molecule has 1 aromatic carbocycles. The maximum absolute atomic E-state index is 12.3. The lowest BCUT2D eigenvalue weighted by Gasteiger charge is -2.11. The Bertz CT molecular complexity index is 206. The van der Waals surface area contributed by atoms with Crippen LogP contribution in [0.25, 0.3) is 0 Å². The van der Waals surface area contributed by atoms with Crippen molar-refractivity contribution in [1.29, 1.82) is 0 Å². The predicted molar refractivity (Wildman–Crippen MR) is 49.0 cm³/mol. The molecule has 0 radical (unpaired) electrons. The van der Waals surface area contributed by atoms with Crippen molar-refractivity contribution in [3.63, 3.8) is 0 Å². The van der Waals surface area contributed by atoms with Crippen molar-refractivity contribution < 1.29 is 4.39 Å². The molecule has 0 aliphatic carbocycles. The maximum Gasteiger partial charge on any atom is 0.105 e. The van der Waals surface area contributed by atoms with Crippen LogP contribution in [0.5, 0.6) is 0 Å². The Kier molecular flexibility index (Phi) is 3.74. The Balaban J connectivity index is 2.51. The standard InChI is InChI=1S/C10H14FN/c1-12-10(8-11)7-9-5-3-2-4-6-9/h2-6,10,12H,7-8H2,1H3/t10-/m1/s1. The highest BCUT2D eigenvalue weighted by Crippen LogP contribution is 2.02. The van der Waals surface area contributed by atoms with E-state index in [-0.39, 0.29) is 12.7 Å². The van der Waals surface area contributed by atoms with Crippen molar-refractivity contribution in [3.8, 4) is 0 Å². The van der Waals surface area contributed by atoms with E-state index in [1.165, 1.54) is 5.56 Å². The molecule has 1 nitrogen and oxygen atoms in total. The molecule has 0 bridgehead atoms. The van der Waals surface area contributed by atoms with Crippen LogP contribution in [0.1, 0.15) is 5.56 Å². The first-order valence-corrected chi connectivity index (χ1v) is 4.14. The Hall–Kier alpha value is -0.890. The van der Waals surface area contributed by atoms with E-state index < -0.39 is 0 Å². The van der Waals surface area contributed by atoms with Gasteiger partial charge in [-0.2, -0.15) is 0 Å². The molecule has 66 valence electrons. The van der Waals surface area contributed by atoms with Gasteiger partial charge in [0, 0.05) is 6.04 Å². The van der Waals surface area contributed by atoms with Crippen LogP contribution in [-0.4, -0.2) is 19.8 Å². The molecule has 0 amide bonds. The van der Waals surface area contributed by atoms with E-state index in [1.807, 2.05) is 30.3 Å². The summed E-state index contributed by atoms with van der Waals surface area (Å²) >= 11 is 0. The molecule has 1 aromatic rings. The van der Waals surface area contributed by atoms with Crippen molar-refractivity contribution in [2.75, 3.05) is 13.7 Å².